The molecule has 6 nitrogen and oxygen atoms in total. The zero-order valence-electron chi connectivity index (χ0n) is 13.4. The van der Waals surface area contributed by atoms with Crippen molar-refractivity contribution in [3.8, 4) is 0 Å². The maximum absolute atomic E-state index is 9.74. The number of hydrogen-bond acceptors (Lipinski definition) is 6. The van der Waals surface area contributed by atoms with Crippen LogP contribution in [-0.2, 0) is 0 Å². The molecule has 0 aromatic carbocycles. The molecule has 22 heavy (non-hydrogen) atoms. The van der Waals surface area contributed by atoms with Gasteiger partial charge >= 0.3 is 0 Å². The molecular formula is C16H27N5O. The van der Waals surface area contributed by atoms with Gasteiger partial charge in [0, 0.05) is 51.4 Å². The maximum Gasteiger partial charge on any atom is 0.151 e. The monoisotopic (exact) mass is 305 g/mol. The normalized spacial score (nSPS) is 28.0. The molecule has 122 valence electrons. The zero-order chi connectivity index (χ0) is 15.4. The molecule has 2 aliphatic heterocycles. The summed E-state index contributed by atoms with van der Waals surface area (Å²) in [5, 5.41) is 17.9. The number of likely N-dealkylation sites (N-methyl/N-ethyl adjacent to an activating group) is 1. The fraction of sp³-hybridized carbons (Fsp3) is 0.750. The first-order valence-electron chi connectivity index (χ1n) is 8.30. The van der Waals surface area contributed by atoms with Crippen molar-refractivity contribution in [1.29, 1.82) is 0 Å². The second-order valence-electron chi connectivity index (χ2n) is 6.65. The summed E-state index contributed by atoms with van der Waals surface area (Å²) in [4.78, 5) is 7.24. The summed E-state index contributed by atoms with van der Waals surface area (Å²) in [6, 6.07) is 3.93. The number of aromatic nitrogens is 2. The third-order valence-electron chi connectivity index (χ3n) is 5.00. The molecule has 0 unspecified atom stereocenters. The third kappa shape index (κ3) is 3.74. The Bertz CT molecular complexity index is 457. The van der Waals surface area contributed by atoms with Gasteiger partial charge in [0.25, 0.3) is 0 Å². The lowest BCUT2D eigenvalue weighted by Gasteiger charge is -2.26. The molecule has 1 aromatic rings. The van der Waals surface area contributed by atoms with Crippen molar-refractivity contribution in [1.82, 2.24) is 20.0 Å². The average Bonchev–Trinajstić information content (AvgIpc) is 2.85. The first-order chi connectivity index (χ1) is 10.8. The largest absolute Gasteiger partial charge is 0.396 e. The van der Waals surface area contributed by atoms with Crippen LogP contribution in [0.15, 0.2) is 18.3 Å². The Kier molecular flexibility index (Phi) is 5.23. The quantitative estimate of drug-likeness (QED) is 0.855. The first kappa shape index (κ1) is 15.6. The van der Waals surface area contributed by atoms with Crippen LogP contribution in [0.5, 0.6) is 0 Å². The van der Waals surface area contributed by atoms with Gasteiger partial charge in [-0.3, -0.25) is 0 Å². The molecule has 0 spiro atoms. The number of hydrogen-bond donors (Lipinski definition) is 1. The highest BCUT2D eigenvalue weighted by molar-refractivity contribution is 5.38. The van der Waals surface area contributed by atoms with E-state index in [9.17, 15) is 5.11 Å². The van der Waals surface area contributed by atoms with E-state index in [1.165, 1.54) is 19.5 Å². The number of nitrogens with zero attached hydrogens (tertiary/aromatic N) is 5. The van der Waals surface area contributed by atoms with Gasteiger partial charge in [0.05, 0.1) is 0 Å². The van der Waals surface area contributed by atoms with E-state index >= 15 is 0 Å². The highest BCUT2D eigenvalue weighted by Crippen LogP contribution is 2.27. The minimum atomic E-state index is 0.259. The van der Waals surface area contributed by atoms with Gasteiger partial charge in [0.1, 0.15) is 0 Å². The molecule has 3 heterocycles. The van der Waals surface area contributed by atoms with Crippen molar-refractivity contribution >= 4 is 5.82 Å². The Morgan fingerprint density at radius 1 is 1.18 bits per heavy atom. The smallest absolute Gasteiger partial charge is 0.151 e. The van der Waals surface area contributed by atoms with Crippen LogP contribution in [0.1, 0.15) is 6.42 Å². The van der Waals surface area contributed by atoms with Crippen molar-refractivity contribution in [3.05, 3.63) is 18.3 Å². The van der Waals surface area contributed by atoms with Gasteiger partial charge in [0.15, 0.2) is 5.82 Å². The fourth-order valence-corrected chi connectivity index (χ4v) is 3.62. The Balaban J connectivity index is 1.60. The van der Waals surface area contributed by atoms with E-state index in [0.29, 0.717) is 11.8 Å². The first-order valence-corrected chi connectivity index (χ1v) is 8.30. The molecular weight excluding hydrogens is 278 g/mol. The lowest BCUT2D eigenvalue weighted by Crippen LogP contribution is -2.36. The molecule has 0 bridgehead atoms. The van der Waals surface area contributed by atoms with Crippen molar-refractivity contribution in [3.63, 3.8) is 0 Å². The third-order valence-corrected chi connectivity index (χ3v) is 5.00. The van der Waals surface area contributed by atoms with Crippen molar-refractivity contribution < 1.29 is 5.11 Å². The average molecular weight is 305 g/mol. The molecule has 0 radical (unpaired) electrons. The van der Waals surface area contributed by atoms with Crippen molar-refractivity contribution in [2.45, 2.75) is 6.42 Å². The minimum Gasteiger partial charge on any atom is -0.396 e. The molecule has 2 aliphatic rings. The van der Waals surface area contributed by atoms with Gasteiger partial charge in [-0.2, -0.15) is 5.10 Å². The predicted octanol–water partition coefficient (Wildman–Crippen LogP) is 0.159. The van der Waals surface area contributed by atoms with Crippen LogP contribution in [0.25, 0.3) is 0 Å². The van der Waals surface area contributed by atoms with E-state index in [1.54, 1.807) is 6.20 Å². The Morgan fingerprint density at radius 2 is 2.05 bits per heavy atom. The van der Waals surface area contributed by atoms with Crippen LogP contribution in [0.4, 0.5) is 5.82 Å². The van der Waals surface area contributed by atoms with Crippen LogP contribution in [0, 0.1) is 11.8 Å². The molecule has 0 amide bonds. The molecule has 0 aliphatic carbocycles. The van der Waals surface area contributed by atoms with Crippen LogP contribution in [0.3, 0.4) is 0 Å². The van der Waals surface area contributed by atoms with Gasteiger partial charge in [0.2, 0.25) is 0 Å². The van der Waals surface area contributed by atoms with E-state index in [2.05, 4.69) is 31.9 Å². The fourth-order valence-electron chi connectivity index (χ4n) is 3.62. The summed E-state index contributed by atoms with van der Waals surface area (Å²) in [6.45, 7) is 7.83. The lowest BCUT2D eigenvalue weighted by molar-refractivity contribution is 0.165. The molecule has 2 atom stereocenters. The van der Waals surface area contributed by atoms with Gasteiger partial charge in [-0.05, 0) is 44.6 Å². The highest BCUT2D eigenvalue weighted by Gasteiger charge is 2.34. The van der Waals surface area contributed by atoms with Gasteiger partial charge in [-0.25, -0.2) is 0 Å². The summed E-state index contributed by atoms with van der Waals surface area (Å²) < 4.78 is 0. The Labute approximate surface area is 132 Å². The molecule has 1 N–H and O–H groups in total. The summed E-state index contributed by atoms with van der Waals surface area (Å²) in [6.07, 6.45) is 2.94. The van der Waals surface area contributed by atoms with Gasteiger partial charge < -0.3 is 19.8 Å². The SMILES string of the molecule is CN1CCCN(C[C@@H]2CN(c3cccnn3)C[C@@H]2CO)CC1. The van der Waals surface area contributed by atoms with Crippen molar-refractivity contribution in [2.24, 2.45) is 11.8 Å². The number of rotatable bonds is 4. The van der Waals surface area contributed by atoms with Crippen molar-refractivity contribution in [2.75, 3.05) is 64.4 Å². The van der Waals surface area contributed by atoms with E-state index in [0.717, 1.165) is 38.5 Å². The topological polar surface area (TPSA) is 55.7 Å². The second kappa shape index (κ2) is 7.35. The van der Waals surface area contributed by atoms with E-state index in [-0.39, 0.29) is 6.61 Å². The van der Waals surface area contributed by atoms with E-state index in [1.807, 2.05) is 12.1 Å². The Morgan fingerprint density at radius 3 is 2.82 bits per heavy atom. The second-order valence-corrected chi connectivity index (χ2v) is 6.65. The molecule has 6 heteroatoms. The lowest BCUT2D eigenvalue weighted by atomic mass is 9.96. The van der Waals surface area contributed by atoms with E-state index < -0.39 is 0 Å². The summed E-state index contributed by atoms with van der Waals surface area (Å²) in [5.41, 5.74) is 0. The number of aliphatic hydroxyl groups is 1. The summed E-state index contributed by atoms with van der Waals surface area (Å²) in [7, 11) is 2.20. The highest BCUT2D eigenvalue weighted by atomic mass is 16.3. The predicted molar refractivity (Wildman–Crippen MR) is 86.9 cm³/mol. The van der Waals surface area contributed by atoms with Gasteiger partial charge in [-0.1, -0.05) is 0 Å². The summed E-state index contributed by atoms with van der Waals surface area (Å²) >= 11 is 0. The van der Waals surface area contributed by atoms with Gasteiger partial charge in [-0.15, -0.1) is 5.10 Å². The van der Waals surface area contributed by atoms with Crippen LogP contribution in [-0.4, -0.2) is 84.6 Å². The Hall–Kier alpha value is -1.24. The molecule has 2 saturated heterocycles. The van der Waals surface area contributed by atoms with Crippen LogP contribution >= 0.6 is 0 Å². The maximum atomic E-state index is 9.74. The number of anilines is 1. The molecule has 1 aromatic heterocycles. The zero-order valence-corrected chi connectivity index (χ0v) is 13.4. The molecule has 2 fully saturated rings. The summed E-state index contributed by atoms with van der Waals surface area (Å²) in [5.74, 6) is 1.78. The molecule has 0 saturated carbocycles. The number of aliphatic hydroxyl groups excluding tert-OH is 1. The van der Waals surface area contributed by atoms with E-state index in [4.69, 9.17) is 0 Å². The molecule has 3 rings (SSSR count). The van der Waals surface area contributed by atoms with Crippen LogP contribution < -0.4 is 4.90 Å². The minimum absolute atomic E-state index is 0.259. The van der Waals surface area contributed by atoms with Crippen LogP contribution in [0.2, 0.25) is 0 Å². The standard InChI is InChI=1S/C16H27N5O/c1-19-6-3-7-20(9-8-19)10-14-11-21(12-15(14)13-22)16-4-2-5-17-18-16/h2,4-5,14-15,22H,3,6-13H2,1H3/t14-,15-/m1/s1.